The number of carboxylic acid groups (broad SMARTS) is 1. The molecule has 10 heteroatoms. The van der Waals surface area contributed by atoms with E-state index >= 15 is 0 Å². The normalized spacial score (nSPS) is 19.1. The van der Waals surface area contributed by atoms with Crippen LogP contribution in [0, 0.1) is 11.6 Å². The number of piperidine rings is 1. The molecule has 0 unspecified atom stereocenters. The molecule has 0 bridgehead atoms. The van der Waals surface area contributed by atoms with Crippen LogP contribution in [0.5, 0.6) is 0 Å². The predicted molar refractivity (Wildman–Crippen MR) is 121 cm³/mol. The number of hydrogen-bond acceptors (Lipinski definition) is 4. The molecule has 1 atom stereocenters. The summed E-state index contributed by atoms with van der Waals surface area (Å²) in [6, 6.07) is 6.84. The third-order valence-corrected chi connectivity index (χ3v) is 6.75. The van der Waals surface area contributed by atoms with Crippen LogP contribution in [0.15, 0.2) is 42.7 Å². The molecule has 3 aromatic rings. The number of nitrogens with zero attached hydrogens (tertiary/aromatic N) is 4. The zero-order valence-corrected chi connectivity index (χ0v) is 18.5. The number of amides is 2. The molecule has 2 N–H and O–H groups in total. The van der Waals surface area contributed by atoms with Crippen molar-refractivity contribution in [2.24, 2.45) is 0 Å². The summed E-state index contributed by atoms with van der Waals surface area (Å²) in [4.78, 5) is 27.5. The lowest BCUT2D eigenvalue weighted by molar-refractivity contribution is 0.0909. The number of pyridine rings is 1. The second kappa shape index (κ2) is 8.92. The van der Waals surface area contributed by atoms with Gasteiger partial charge in [0, 0.05) is 43.1 Å². The van der Waals surface area contributed by atoms with Crippen LogP contribution in [0.3, 0.4) is 0 Å². The predicted octanol–water partition coefficient (Wildman–Crippen LogP) is 3.83. The van der Waals surface area contributed by atoms with Gasteiger partial charge in [0.2, 0.25) is 0 Å². The lowest BCUT2D eigenvalue weighted by Gasteiger charge is -2.30. The van der Waals surface area contributed by atoms with Gasteiger partial charge in [-0.2, -0.15) is 5.10 Å². The molecular formula is C24H25F2N5O3. The van der Waals surface area contributed by atoms with Crippen molar-refractivity contribution in [1.29, 1.82) is 0 Å². The van der Waals surface area contributed by atoms with Crippen molar-refractivity contribution in [3.05, 3.63) is 65.5 Å². The number of carbonyl (C=O) groups is 2. The fraction of sp³-hybridized carbons (Fsp3) is 0.375. The van der Waals surface area contributed by atoms with Gasteiger partial charge in [-0.1, -0.05) is 0 Å². The van der Waals surface area contributed by atoms with Crippen molar-refractivity contribution in [1.82, 2.24) is 19.8 Å². The van der Waals surface area contributed by atoms with E-state index in [1.165, 1.54) is 17.2 Å². The van der Waals surface area contributed by atoms with Crippen LogP contribution in [-0.4, -0.2) is 57.3 Å². The van der Waals surface area contributed by atoms with Gasteiger partial charge in [0.15, 0.2) is 0 Å². The first kappa shape index (κ1) is 22.1. The van der Waals surface area contributed by atoms with Crippen molar-refractivity contribution in [3.8, 4) is 0 Å². The maximum absolute atomic E-state index is 14.5. The Kier molecular flexibility index (Phi) is 5.80. The van der Waals surface area contributed by atoms with Gasteiger partial charge in [-0.25, -0.2) is 18.1 Å². The molecule has 0 radical (unpaired) electrons. The molecule has 2 fully saturated rings. The average Bonchev–Trinajstić information content (AvgIpc) is 3.48. The number of carbonyl (C=O) groups excluding carboxylic acids is 1. The van der Waals surface area contributed by atoms with E-state index in [0.717, 1.165) is 24.2 Å². The number of rotatable bonds is 4. The van der Waals surface area contributed by atoms with Crippen LogP contribution in [0.25, 0.3) is 5.52 Å². The van der Waals surface area contributed by atoms with Crippen LogP contribution >= 0.6 is 0 Å². The number of likely N-dealkylation sites (tertiary alicyclic amines) is 1. The van der Waals surface area contributed by atoms with Crippen LogP contribution in [-0.2, 0) is 0 Å². The molecule has 0 saturated carbocycles. The van der Waals surface area contributed by atoms with Crippen molar-refractivity contribution in [2.75, 3.05) is 24.5 Å². The molecule has 2 amide bonds. The number of halogens is 2. The average molecular weight is 469 g/mol. The highest BCUT2D eigenvalue weighted by Gasteiger charge is 2.30. The van der Waals surface area contributed by atoms with Gasteiger partial charge in [0.05, 0.1) is 23.3 Å². The Morgan fingerprint density at radius 1 is 1.06 bits per heavy atom. The highest BCUT2D eigenvalue weighted by molar-refractivity contribution is 6.01. The number of anilines is 1. The first-order chi connectivity index (χ1) is 16.4. The maximum Gasteiger partial charge on any atom is 0.407 e. The number of fused-ring (bicyclic) bond motifs is 1. The summed E-state index contributed by atoms with van der Waals surface area (Å²) < 4.78 is 29.9. The van der Waals surface area contributed by atoms with Crippen molar-refractivity contribution >= 4 is 23.2 Å². The summed E-state index contributed by atoms with van der Waals surface area (Å²) >= 11 is 0. The third kappa shape index (κ3) is 4.15. The quantitative estimate of drug-likeness (QED) is 0.606. The molecule has 2 aliphatic rings. The fourth-order valence-corrected chi connectivity index (χ4v) is 4.97. The molecule has 0 spiro atoms. The fourth-order valence-electron chi connectivity index (χ4n) is 4.97. The van der Waals surface area contributed by atoms with Gasteiger partial charge < -0.3 is 20.2 Å². The molecule has 2 aliphatic heterocycles. The number of hydrogen-bond donors (Lipinski definition) is 2. The number of aromatic nitrogens is 2. The van der Waals surface area contributed by atoms with Crippen LogP contribution < -0.4 is 10.2 Å². The minimum Gasteiger partial charge on any atom is -0.465 e. The van der Waals surface area contributed by atoms with E-state index in [2.05, 4.69) is 10.4 Å². The molecule has 2 aromatic heterocycles. The molecule has 34 heavy (non-hydrogen) atoms. The second-order valence-corrected chi connectivity index (χ2v) is 8.81. The summed E-state index contributed by atoms with van der Waals surface area (Å²) in [6.45, 7) is 1.45. The van der Waals surface area contributed by atoms with Gasteiger partial charge in [-0.15, -0.1) is 0 Å². The van der Waals surface area contributed by atoms with E-state index in [0.29, 0.717) is 55.5 Å². The third-order valence-electron chi connectivity index (χ3n) is 6.75. The monoisotopic (exact) mass is 469 g/mol. The molecular weight excluding hydrogens is 444 g/mol. The lowest BCUT2D eigenvalue weighted by atomic mass is 10.0. The summed E-state index contributed by atoms with van der Waals surface area (Å²) in [5.41, 5.74) is 2.16. The summed E-state index contributed by atoms with van der Waals surface area (Å²) in [7, 11) is 0. The zero-order chi connectivity index (χ0) is 23.8. The SMILES string of the molecule is O=C(NC1CCN(C(=O)O)CC1)c1cnn2ccc(N3CCC[C@@H]3c3cc(F)ccc3F)cc12. The summed E-state index contributed by atoms with van der Waals surface area (Å²) in [6.07, 6.45) is 4.96. The highest BCUT2D eigenvalue weighted by atomic mass is 19.1. The standard InChI is InChI=1S/C24H25F2N5O3/c25-15-3-4-20(26)18(12-15)21-2-1-8-30(21)17-7-11-31-22(13-17)19(14-27-31)23(32)28-16-5-9-29(10-6-16)24(33)34/h3-4,7,11-14,16,21H,1-2,5-6,8-10H2,(H,28,32)(H,33,34)/t21-/m1/s1. The zero-order valence-electron chi connectivity index (χ0n) is 18.5. The topological polar surface area (TPSA) is 90.2 Å². The molecule has 5 rings (SSSR count). The Hall–Kier alpha value is -3.69. The minimum absolute atomic E-state index is 0.111. The minimum atomic E-state index is -0.946. The van der Waals surface area contributed by atoms with Crippen LogP contribution in [0.1, 0.15) is 47.6 Å². The first-order valence-electron chi connectivity index (χ1n) is 11.4. The Morgan fingerprint density at radius 2 is 1.85 bits per heavy atom. The van der Waals surface area contributed by atoms with Crippen LogP contribution in [0.2, 0.25) is 0 Å². The first-order valence-corrected chi connectivity index (χ1v) is 11.4. The Morgan fingerprint density at radius 3 is 2.62 bits per heavy atom. The lowest BCUT2D eigenvalue weighted by Crippen LogP contribution is -2.46. The highest BCUT2D eigenvalue weighted by Crippen LogP contribution is 2.38. The molecule has 0 aliphatic carbocycles. The number of nitrogens with one attached hydrogen (secondary N) is 1. The van der Waals surface area contributed by atoms with E-state index in [-0.39, 0.29) is 18.0 Å². The second-order valence-electron chi connectivity index (χ2n) is 8.81. The van der Waals surface area contributed by atoms with E-state index in [1.54, 1.807) is 10.7 Å². The van der Waals surface area contributed by atoms with E-state index in [9.17, 15) is 18.4 Å². The van der Waals surface area contributed by atoms with Gasteiger partial charge in [0.1, 0.15) is 11.6 Å². The maximum atomic E-state index is 14.5. The summed E-state index contributed by atoms with van der Waals surface area (Å²) in [5.74, 6) is -1.17. The Balaban J connectivity index is 1.37. The number of benzene rings is 1. The van der Waals surface area contributed by atoms with Crippen molar-refractivity contribution in [3.63, 3.8) is 0 Å². The van der Waals surface area contributed by atoms with Crippen LogP contribution in [0.4, 0.5) is 19.3 Å². The molecule has 178 valence electrons. The Bertz CT molecular complexity index is 1240. The summed E-state index contributed by atoms with van der Waals surface area (Å²) in [5, 5.41) is 16.4. The largest absolute Gasteiger partial charge is 0.465 e. The smallest absolute Gasteiger partial charge is 0.407 e. The molecule has 1 aromatic carbocycles. The van der Waals surface area contributed by atoms with Gasteiger partial charge in [0.25, 0.3) is 5.91 Å². The Labute approximate surface area is 194 Å². The van der Waals surface area contributed by atoms with Crippen molar-refractivity contribution in [2.45, 2.75) is 37.8 Å². The van der Waals surface area contributed by atoms with E-state index in [4.69, 9.17) is 5.11 Å². The molecule has 8 nitrogen and oxygen atoms in total. The molecule has 2 saturated heterocycles. The van der Waals surface area contributed by atoms with Crippen molar-refractivity contribution < 1.29 is 23.5 Å². The van der Waals surface area contributed by atoms with Gasteiger partial charge in [-0.3, -0.25) is 4.79 Å². The van der Waals surface area contributed by atoms with E-state index in [1.807, 2.05) is 17.0 Å². The van der Waals surface area contributed by atoms with Gasteiger partial charge in [-0.05, 0) is 56.0 Å². The van der Waals surface area contributed by atoms with E-state index < -0.39 is 17.7 Å². The van der Waals surface area contributed by atoms with Gasteiger partial charge >= 0.3 is 6.09 Å². The molecule has 4 heterocycles.